The van der Waals surface area contributed by atoms with Crippen molar-refractivity contribution >= 4 is 16.3 Å². The van der Waals surface area contributed by atoms with E-state index in [1.54, 1.807) is 11.3 Å². The number of nitrogens with one attached hydrogen (secondary N) is 1. The van der Waals surface area contributed by atoms with Crippen molar-refractivity contribution in [1.29, 1.82) is 0 Å². The van der Waals surface area contributed by atoms with Gasteiger partial charge in [0.05, 0.1) is 0 Å². The summed E-state index contributed by atoms with van der Waals surface area (Å²) in [6.07, 6.45) is 9.28. The van der Waals surface area contributed by atoms with E-state index in [9.17, 15) is 0 Å². The molecule has 0 amide bonds. The molecule has 6 heteroatoms. The van der Waals surface area contributed by atoms with Crippen LogP contribution in [0.25, 0.3) is 4.96 Å². The molecule has 2 saturated carbocycles. The van der Waals surface area contributed by atoms with Crippen LogP contribution in [-0.4, -0.2) is 26.4 Å². The van der Waals surface area contributed by atoms with Gasteiger partial charge in [0.2, 0.25) is 4.96 Å². The van der Waals surface area contributed by atoms with E-state index in [1.165, 1.54) is 44.9 Å². The number of aromatic nitrogens is 4. The van der Waals surface area contributed by atoms with Gasteiger partial charge in [-0.2, -0.15) is 9.61 Å². The molecule has 0 bridgehead atoms. The minimum atomic E-state index is 0.563. The lowest BCUT2D eigenvalue weighted by Gasteiger charge is -2.18. The van der Waals surface area contributed by atoms with Gasteiger partial charge >= 0.3 is 0 Å². The van der Waals surface area contributed by atoms with E-state index in [-0.39, 0.29) is 0 Å². The van der Waals surface area contributed by atoms with Crippen LogP contribution >= 0.6 is 11.3 Å². The Morgan fingerprint density at radius 1 is 1.10 bits per heavy atom. The van der Waals surface area contributed by atoms with Crippen LogP contribution < -0.4 is 5.32 Å². The topological polar surface area (TPSA) is 55.1 Å². The molecule has 0 unspecified atom stereocenters. The van der Waals surface area contributed by atoms with Crippen molar-refractivity contribution in [2.75, 3.05) is 6.54 Å². The zero-order valence-corrected chi connectivity index (χ0v) is 12.5. The van der Waals surface area contributed by atoms with E-state index in [4.69, 9.17) is 5.10 Å². The fourth-order valence-electron chi connectivity index (χ4n) is 3.06. The molecule has 2 aliphatic rings. The molecule has 0 aliphatic heterocycles. The third-order valence-electron chi connectivity index (χ3n) is 4.43. The molecule has 0 atom stereocenters. The molecule has 2 fully saturated rings. The highest BCUT2D eigenvalue weighted by Gasteiger charge is 2.23. The summed E-state index contributed by atoms with van der Waals surface area (Å²) in [6, 6.07) is 0. The van der Waals surface area contributed by atoms with Gasteiger partial charge in [0.1, 0.15) is 5.01 Å². The quantitative estimate of drug-likeness (QED) is 0.920. The first-order valence-electron chi connectivity index (χ1n) is 7.82. The summed E-state index contributed by atoms with van der Waals surface area (Å²) in [7, 11) is 0. The summed E-state index contributed by atoms with van der Waals surface area (Å²) in [5, 5.41) is 18.0. The van der Waals surface area contributed by atoms with Crippen LogP contribution in [0.15, 0.2) is 0 Å². The lowest BCUT2D eigenvalue weighted by molar-refractivity contribution is 0.422. The van der Waals surface area contributed by atoms with E-state index < -0.39 is 0 Å². The van der Waals surface area contributed by atoms with Gasteiger partial charge in [-0.3, -0.25) is 0 Å². The number of nitrogens with zero attached hydrogens (tertiary/aromatic N) is 4. The molecule has 5 nitrogen and oxygen atoms in total. The maximum absolute atomic E-state index is 4.71. The van der Waals surface area contributed by atoms with E-state index in [2.05, 4.69) is 15.5 Å². The highest BCUT2D eigenvalue weighted by atomic mass is 32.1. The van der Waals surface area contributed by atoms with E-state index in [1.807, 2.05) is 4.52 Å². The van der Waals surface area contributed by atoms with Gasteiger partial charge in [-0.1, -0.05) is 30.6 Å². The predicted molar refractivity (Wildman–Crippen MR) is 78.9 cm³/mol. The Morgan fingerprint density at radius 2 is 1.95 bits per heavy atom. The van der Waals surface area contributed by atoms with Crippen LogP contribution in [0.2, 0.25) is 0 Å². The first-order chi connectivity index (χ1) is 9.90. The Kier molecular flexibility index (Phi) is 3.44. The minimum Gasteiger partial charge on any atom is -0.310 e. The van der Waals surface area contributed by atoms with Crippen molar-refractivity contribution in [2.24, 2.45) is 5.92 Å². The summed E-state index contributed by atoms with van der Waals surface area (Å²) in [4.78, 5) is 0.953. The second kappa shape index (κ2) is 5.41. The SMILES string of the molecule is C1CCC(c2nnc3sc(CNCC4CC4)nn23)CC1. The molecular formula is C14H21N5S. The van der Waals surface area contributed by atoms with Crippen molar-refractivity contribution in [3.8, 4) is 0 Å². The van der Waals surface area contributed by atoms with Crippen LogP contribution in [0.4, 0.5) is 0 Å². The van der Waals surface area contributed by atoms with Gasteiger partial charge in [0.25, 0.3) is 0 Å². The zero-order valence-electron chi connectivity index (χ0n) is 11.7. The maximum atomic E-state index is 4.71. The first kappa shape index (κ1) is 12.7. The Hall–Kier alpha value is -1.01. The van der Waals surface area contributed by atoms with Crippen LogP contribution in [0, 0.1) is 5.92 Å². The summed E-state index contributed by atoms with van der Waals surface area (Å²) in [5.41, 5.74) is 0. The zero-order chi connectivity index (χ0) is 13.4. The van der Waals surface area contributed by atoms with E-state index in [0.717, 1.165) is 34.8 Å². The van der Waals surface area contributed by atoms with Gasteiger partial charge in [-0.25, -0.2) is 0 Å². The molecule has 108 valence electrons. The van der Waals surface area contributed by atoms with Gasteiger partial charge in [-0.05, 0) is 38.1 Å². The smallest absolute Gasteiger partial charge is 0.234 e. The Morgan fingerprint density at radius 3 is 2.75 bits per heavy atom. The molecule has 0 radical (unpaired) electrons. The van der Waals surface area contributed by atoms with Crippen LogP contribution in [-0.2, 0) is 6.54 Å². The van der Waals surface area contributed by atoms with Crippen molar-refractivity contribution in [3.63, 3.8) is 0 Å². The van der Waals surface area contributed by atoms with E-state index >= 15 is 0 Å². The monoisotopic (exact) mass is 291 g/mol. The summed E-state index contributed by atoms with van der Waals surface area (Å²) < 4.78 is 1.99. The largest absolute Gasteiger partial charge is 0.310 e. The Balaban J connectivity index is 1.48. The third-order valence-corrected chi connectivity index (χ3v) is 5.33. The lowest BCUT2D eigenvalue weighted by Crippen LogP contribution is -2.16. The molecule has 0 spiro atoms. The van der Waals surface area contributed by atoms with E-state index in [0.29, 0.717) is 5.92 Å². The maximum Gasteiger partial charge on any atom is 0.234 e. The average molecular weight is 291 g/mol. The fourth-order valence-corrected chi connectivity index (χ4v) is 3.87. The highest BCUT2D eigenvalue weighted by molar-refractivity contribution is 7.16. The van der Waals surface area contributed by atoms with Crippen molar-refractivity contribution < 1.29 is 0 Å². The van der Waals surface area contributed by atoms with Gasteiger partial charge in [0.15, 0.2) is 5.82 Å². The number of fused-ring (bicyclic) bond motifs is 1. The molecule has 0 saturated heterocycles. The van der Waals surface area contributed by atoms with Crippen molar-refractivity contribution in [2.45, 2.75) is 57.4 Å². The molecule has 2 aromatic heterocycles. The number of rotatable bonds is 5. The highest BCUT2D eigenvalue weighted by Crippen LogP contribution is 2.32. The molecule has 2 heterocycles. The predicted octanol–water partition coefficient (Wildman–Crippen LogP) is 2.73. The third kappa shape index (κ3) is 2.59. The number of hydrogen-bond acceptors (Lipinski definition) is 5. The van der Waals surface area contributed by atoms with Gasteiger partial charge in [-0.15, -0.1) is 10.2 Å². The van der Waals surface area contributed by atoms with Crippen LogP contribution in [0.5, 0.6) is 0 Å². The van der Waals surface area contributed by atoms with Crippen LogP contribution in [0.1, 0.15) is 61.7 Å². The second-order valence-electron chi connectivity index (χ2n) is 6.16. The first-order valence-corrected chi connectivity index (χ1v) is 8.63. The lowest BCUT2D eigenvalue weighted by atomic mass is 9.89. The summed E-state index contributed by atoms with van der Waals surface area (Å²) in [6.45, 7) is 2.00. The fraction of sp³-hybridized carbons (Fsp3) is 0.786. The molecule has 2 aliphatic carbocycles. The van der Waals surface area contributed by atoms with Gasteiger partial charge < -0.3 is 5.32 Å². The standard InChI is InChI=1S/C14H21N5S/c1-2-4-11(5-3-1)13-16-17-14-19(13)18-12(20-14)9-15-8-10-6-7-10/h10-11,15H,1-9H2. The molecule has 0 aromatic carbocycles. The van der Waals surface area contributed by atoms with Crippen molar-refractivity contribution in [3.05, 3.63) is 10.8 Å². The Bertz CT molecular complexity index is 579. The average Bonchev–Trinajstić information content (AvgIpc) is 3.08. The van der Waals surface area contributed by atoms with Crippen LogP contribution in [0.3, 0.4) is 0 Å². The van der Waals surface area contributed by atoms with Gasteiger partial charge in [0, 0.05) is 12.5 Å². The molecule has 1 N–H and O–H groups in total. The second-order valence-corrected chi connectivity index (χ2v) is 7.20. The molecule has 4 rings (SSSR count). The van der Waals surface area contributed by atoms with Crippen molar-refractivity contribution in [1.82, 2.24) is 25.1 Å². The normalized spacial score (nSPS) is 20.8. The summed E-state index contributed by atoms with van der Waals surface area (Å²) >= 11 is 1.67. The Labute approximate surface area is 122 Å². The number of hydrogen-bond donors (Lipinski definition) is 1. The molecule has 20 heavy (non-hydrogen) atoms. The molecule has 2 aromatic rings. The minimum absolute atomic E-state index is 0.563. The molecular weight excluding hydrogens is 270 g/mol. The summed E-state index contributed by atoms with van der Waals surface area (Å²) in [5.74, 6) is 2.57.